The van der Waals surface area contributed by atoms with Crippen LogP contribution in [0.1, 0.15) is 0 Å². The predicted octanol–water partition coefficient (Wildman–Crippen LogP) is 2.07. The molecule has 0 aromatic heterocycles. The molecule has 0 fully saturated rings. The number of benzene rings is 1. The maximum atomic E-state index is 10.9. The summed E-state index contributed by atoms with van der Waals surface area (Å²) in [4.78, 5) is 21.4. The second-order valence-electron chi connectivity index (χ2n) is 2.73. The molecule has 0 atom stereocenters. The fourth-order valence-electron chi connectivity index (χ4n) is 1.22. The molecular formula is C8H5ClN2O3. The monoisotopic (exact) mass is 212 g/mol. The highest BCUT2D eigenvalue weighted by molar-refractivity contribution is 6.31. The van der Waals surface area contributed by atoms with Gasteiger partial charge in [-0.15, -0.1) is 4.91 Å². The number of fused-ring (bicyclic) bond motifs is 1. The topological polar surface area (TPSA) is 67.8 Å². The Morgan fingerprint density at radius 2 is 2.29 bits per heavy atom. The molecule has 0 saturated carbocycles. The molecule has 0 unspecified atom stereocenters. The number of carbonyl (C=O) groups is 1. The van der Waals surface area contributed by atoms with Crippen molar-refractivity contribution in [3.63, 3.8) is 0 Å². The van der Waals surface area contributed by atoms with E-state index in [-0.39, 0.29) is 24.0 Å². The number of carbonyl (C=O) groups excluding carboxylic acids is 1. The van der Waals surface area contributed by atoms with Crippen LogP contribution in [0.2, 0.25) is 5.02 Å². The van der Waals surface area contributed by atoms with Crippen LogP contribution in [0.5, 0.6) is 5.75 Å². The number of amides is 1. The molecule has 1 N–H and O–H groups in total. The molecule has 1 heterocycles. The highest BCUT2D eigenvalue weighted by atomic mass is 35.5. The molecule has 1 amide bonds. The molecular weight excluding hydrogens is 208 g/mol. The largest absolute Gasteiger partial charge is 0.479 e. The third kappa shape index (κ3) is 1.42. The first kappa shape index (κ1) is 8.96. The molecule has 0 spiro atoms. The van der Waals surface area contributed by atoms with E-state index >= 15 is 0 Å². The lowest BCUT2D eigenvalue weighted by Crippen LogP contribution is -2.25. The molecule has 1 aliphatic heterocycles. The number of halogens is 1. The maximum Gasteiger partial charge on any atom is 0.262 e. The van der Waals surface area contributed by atoms with Gasteiger partial charge in [-0.05, 0) is 17.3 Å². The molecule has 0 saturated heterocycles. The highest BCUT2D eigenvalue weighted by Gasteiger charge is 2.20. The van der Waals surface area contributed by atoms with Gasteiger partial charge in [0.25, 0.3) is 5.91 Å². The van der Waals surface area contributed by atoms with Crippen LogP contribution >= 0.6 is 11.6 Å². The second kappa shape index (κ2) is 3.26. The van der Waals surface area contributed by atoms with Crippen LogP contribution in [0.25, 0.3) is 0 Å². The summed E-state index contributed by atoms with van der Waals surface area (Å²) in [6.07, 6.45) is 0. The Labute approximate surface area is 84.0 Å². The van der Waals surface area contributed by atoms with Crippen LogP contribution in [0.4, 0.5) is 11.4 Å². The van der Waals surface area contributed by atoms with Crippen molar-refractivity contribution in [3.05, 3.63) is 22.1 Å². The van der Waals surface area contributed by atoms with Crippen molar-refractivity contribution in [2.24, 2.45) is 5.18 Å². The summed E-state index contributed by atoms with van der Waals surface area (Å²) in [5.41, 5.74) is 0.468. The van der Waals surface area contributed by atoms with Gasteiger partial charge in [-0.3, -0.25) is 4.79 Å². The van der Waals surface area contributed by atoms with Crippen LogP contribution in [0.3, 0.4) is 0 Å². The summed E-state index contributed by atoms with van der Waals surface area (Å²) in [6.45, 7) is -0.114. The summed E-state index contributed by atoms with van der Waals surface area (Å²) in [5.74, 6) is -0.0133. The summed E-state index contributed by atoms with van der Waals surface area (Å²) in [5, 5.41) is 5.61. The first-order valence-corrected chi connectivity index (χ1v) is 4.18. The minimum absolute atomic E-state index is 0.0903. The number of hydrogen-bond acceptors (Lipinski definition) is 4. The maximum absolute atomic E-state index is 10.9. The molecule has 0 bridgehead atoms. The van der Waals surface area contributed by atoms with E-state index in [1.165, 1.54) is 12.1 Å². The summed E-state index contributed by atoms with van der Waals surface area (Å²) < 4.78 is 5.05. The fraction of sp³-hybridized carbons (Fsp3) is 0.125. The van der Waals surface area contributed by atoms with Gasteiger partial charge in [0.1, 0.15) is 0 Å². The predicted molar refractivity (Wildman–Crippen MR) is 51.0 cm³/mol. The second-order valence-corrected chi connectivity index (χ2v) is 3.17. The molecule has 1 aromatic rings. The standard InChI is InChI=1S/C8H5ClN2O3/c9-4-1-5-8(6(2-4)11-13)14-3-7(12)10-5/h1-2H,3H2,(H,10,12). The van der Waals surface area contributed by atoms with Crippen molar-refractivity contribution in [1.29, 1.82) is 0 Å². The third-order valence-corrected chi connectivity index (χ3v) is 1.97. The lowest BCUT2D eigenvalue weighted by Gasteiger charge is -2.18. The van der Waals surface area contributed by atoms with E-state index in [2.05, 4.69) is 10.5 Å². The van der Waals surface area contributed by atoms with Crippen molar-refractivity contribution in [2.75, 3.05) is 11.9 Å². The third-order valence-electron chi connectivity index (χ3n) is 1.75. The van der Waals surface area contributed by atoms with E-state index in [9.17, 15) is 9.70 Å². The number of rotatable bonds is 1. The van der Waals surface area contributed by atoms with E-state index in [4.69, 9.17) is 16.3 Å². The Bertz CT molecular complexity index is 419. The van der Waals surface area contributed by atoms with E-state index in [1.807, 2.05) is 0 Å². The lowest BCUT2D eigenvalue weighted by molar-refractivity contribution is -0.118. The van der Waals surface area contributed by atoms with Crippen molar-refractivity contribution in [3.8, 4) is 5.75 Å². The Hall–Kier alpha value is -1.62. The molecule has 5 nitrogen and oxygen atoms in total. The minimum Gasteiger partial charge on any atom is -0.479 e. The Kier molecular flexibility index (Phi) is 2.09. The molecule has 2 rings (SSSR count). The zero-order chi connectivity index (χ0) is 10.1. The van der Waals surface area contributed by atoms with Crippen LogP contribution in [-0.4, -0.2) is 12.5 Å². The summed E-state index contributed by atoms with van der Waals surface area (Å²) in [7, 11) is 0. The van der Waals surface area contributed by atoms with Crippen LogP contribution < -0.4 is 10.1 Å². The summed E-state index contributed by atoms with van der Waals surface area (Å²) >= 11 is 5.70. The van der Waals surface area contributed by atoms with E-state index in [0.29, 0.717) is 10.7 Å². The number of nitrogens with zero attached hydrogens (tertiary/aromatic N) is 1. The molecule has 0 radical (unpaired) electrons. The number of hydrogen-bond donors (Lipinski definition) is 1. The van der Waals surface area contributed by atoms with Gasteiger partial charge in [0.2, 0.25) is 0 Å². The Morgan fingerprint density at radius 1 is 1.50 bits per heavy atom. The highest BCUT2D eigenvalue weighted by Crippen LogP contribution is 2.39. The first-order valence-electron chi connectivity index (χ1n) is 3.80. The molecule has 6 heteroatoms. The van der Waals surface area contributed by atoms with Gasteiger partial charge in [0, 0.05) is 5.02 Å². The van der Waals surface area contributed by atoms with Crippen molar-refractivity contribution in [2.45, 2.75) is 0 Å². The number of nitroso groups, excluding NO2 is 1. The van der Waals surface area contributed by atoms with Gasteiger partial charge in [-0.25, -0.2) is 0 Å². The van der Waals surface area contributed by atoms with Gasteiger partial charge in [0.05, 0.1) is 5.69 Å². The van der Waals surface area contributed by atoms with Gasteiger partial charge >= 0.3 is 0 Å². The normalized spacial score (nSPS) is 13.9. The Balaban J connectivity index is 2.56. The minimum atomic E-state index is -0.281. The number of ether oxygens (including phenoxy) is 1. The van der Waals surface area contributed by atoms with Gasteiger partial charge in [-0.1, -0.05) is 11.6 Å². The SMILES string of the molecule is O=Nc1cc(Cl)cc2c1OCC(=O)N2. The van der Waals surface area contributed by atoms with E-state index < -0.39 is 0 Å². The van der Waals surface area contributed by atoms with Crippen molar-refractivity contribution < 1.29 is 9.53 Å². The Morgan fingerprint density at radius 3 is 3.00 bits per heavy atom. The van der Waals surface area contributed by atoms with Crippen LogP contribution in [0, 0.1) is 4.91 Å². The quantitative estimate of drug-likeness (QED) is 0.725. The van der Waals surface area contributed by atoms with E-state index in [1.54, 1.807) is 0 Å². The van der Waals surface area contributed by atoms with Gasteiger partial charge in [0.15, 0.2) is 18.0 Å². The molecule has 0 aliphatic carbocycles. The molecule has 1 aromatic carbocycles. The van der Waals surface area contributed by atoms with Crippen molar-refractivity contribution >= 4 is 28.9 Å². The zero-order valence-electron chi connectivity index (χ0n) is 6.91. The number of nitrogens with one attached hydrogen (secondary N) is 1. The van der Waals surface area contributed by atoms with Crippen LogP contribution in [0.15, 0.2) is 17.3 Å². The van der Waals surface area contributed by atoms with Crippen molar-refractivity contribution in [1.82, 2.24) is 0 Å². The average Bonchev–Trinajstić information content (AvgIpc) is 2.15. The van der Waals surface area contributed by atoms with E-state index in [0.717, 1.165) is 0 Å². The number of anilines is 1. The average molecular weight is 213 g/mol. The molecule has 14 heavy (non-hydrogen) atoms. The van der Waals surface area contributed by atoms with Gasteiger partial charge in [-0.2, -0.15) is 0 Å². The lowest BCUT2D eigenvalue weighted by atomic mass is 10.2. The molecule has 1 aliphatic rings. The fourth-order valence-corrected chi connectivity index (χ4v) is 1.43. The zero-order valence-corrected chi connectivity index (χ0v) is 7.67. The first-order chi connectivity index (χ1) is 6.70. The smallest absolute Gasteiger partial charge is 0.262 e. The molecule has 72 valence electrons. The summed E-state index contributed by atoms with van der Waals surface area (Å²) in [6, 6.07) is 2.88. The van der Waals surface area contributed by atoms with Crippen LogP contribution in [-0.2, 0) is 4.79 Å². The van der Waals surface area contributed by atoms with Gasteiger partial charge < -0.3 is 10.1 Å².